The molecule has 2 N–H and O–H groups in total. The zero-order valence-corrected chi connectivity index (χ0v) is 11.1. The lowest BCUT2D eigenvalue weighted by Crippen LogP contribution is -2.41. The molecule has 1 aliphatic rings. The zero-order chi connectivity index (χ0) is 14.7. The fraction of sp³-hybridized carbons (Fsp3) is 0.357. The van der Waals surface area contributed by atoms with Gasteiger partial charge >= 0.3 is 5.97 Å². The number of nitrogens with zero attached hydrogens (tertiary/aromatic N) is 1. The van der Waals surface area contributed by atoms with Crippen LogP contribution >= 0.6 is 0 Å². The third kappa shape index (κ3) is 2.96. The predicted molar refractivity (Wildman–Crippen MR) is 72.1 cm³/mol. The third-order valence-electron chi connectivity index (χ3n) is 3.30. The Morgan fingerprint density at radius 3 is 2.60 bits per heavy atom. The Kier molecular flexibility index (Phi) is 4.02. The van der Waals surface area contributed by atoms with Crippen LogP contribution in [0.5, 0.6) is 0 Å². The van der Waals surface area contributed by atoms with E-state index in [1.807, 2.05) is 30.3 Å². The monoisotopic (exact) mass is 276 g/mol. The highest BCUT2D eigenvalue weighted by molar-refractivity contribution is 5.99. The van der Waals surface area contributed by atoms with Crippen molar-refractivity contribution >= 4 is 23.5 Å². The van der Waals surface area contributed by atoms with Crippen molar-refractivity contribution in [3.63, 3.8) is 0 Å². The molecule has 0 spiro atoms. The van der Waals surface area contributed by atoms with E-state index in [1.165, 1.54) is 6.92 Å². The molecule has 2 atom stereocenters. The summed E-state index contributed by atoms with van der Waals surface area (Å²) in [4.78, 5) is 35.9. The summed E-state index contributed by atoms with van der Waals surface area (Å²) in [6.45, 7) is 1.68. The summed E-state index contributed by atoms with van der Waals surface area (Å²) in [5, 5.41) is 11.4. The first-order chi connectivity index (χ1) is 9.49. The van der Waals surface area contributed by atoms with Crippen LogP contribution in [0.4, 0.5) is 5.69 Å². The predicted octanol–water partition coefficient (Wildman–Crippen LogP) is 0.629. The summed E-state index contributed by atoms with van der Waals surface area (Å²) < 4.78 is 0. The fourth-order valence-electron chi connectivity index (χ4n) is 2.10. The first-order valence-corrected chi connectivity index (χ1v) is 6.37. The van der Waals surface area contributed by atoms with Crippen LogP contribution in [0.1, 0.15) is 13.3 Å². The minimum Gasteiger partial charge on any atom is -0.481 e. The highest BCUT2D eigenvalue weighted by Gasteiger charge is 2.33. The number of anilines is 1. The Bertz CT molecular complexity index is 529. The van der Waals surface area contributed by atoms with Crippen molar-refractivity contribution in [1.82, 2.24) is 5.32 Å². The molecular weight excluding hydrogens is 260 g/mol. The Labute approximate surface area is 116 Å². The van der Waals surface area contributed by atoms with E-state index in [0.29, 0.717) is 6.54 Å². The molecule has 1 aromatic rings. The molecule has 1 fully saturated rings. The van der Waals surface area contributed by atoms with Gasteiger partial charge in [0, 0.05) is 18.7 Å². The molecule has 2 rings (SSSR count). The van der Waals surface area contributed by atoms with Crippen molar-refractivity contribution in [2.45, 2.75) is 19.4 Å². The van der Waals surface area contributed by atoms with Crippen LogP contribution in [0.25, 0.3) is 0 Å². The second-order valence-electron chi connectivity index (χ2n) is 4.81. The normalized spacial score (nSPS) is 19.8. The summed E-state index contributed by atoms with van der Waals surface area (Å²) in [5.41, 5.74) is 0.778. The first-order valence-electron chi connectivity index (χ1n) is 6.37. The van der Waals surface area contributed by atoms with E-state index in [1.54, 1.807) is 4.90 Å². The van der Waals surface area contributed by atoms with Gasteiger partial charge < -0.3 is 15.3 Å². The second-order valence-corrected chi connectivity index (χ2v) is 4.81. The van der Waals surface area contributed by atoms with E-state index < -0.39 is 17.8 Å². The van der Waals surface area contributed by atoms with Crippen LogP contribution in [0.2, 0.25) is 0 Å². The standard InChI is InChI=1S/C14H16N2O4/c1-9(14(19)20)13(18)15-10-7-12(17)16(8-10)11-5-3-2-4-6-11/h2-6,9-10H,7-8H2,1H3,(H,15,18)(H,19,20)/t9-,10-/m1/s1. The van der Waals surface area contributed by atoms with Crippen molar-refractivity contribution in [3.05, 3.63) is 30.3 Å². The largest absolute Gasteiger partial charge is 0.481 e. The molecule has 106 valence electrons. The van der Waals surface area contributed by atoms with Crippen LogP contribution in [0.3, 0.4) is 0 Å². The minimum atomic E-state index is -1.17. The lowest BCUT2D eigenvalue weighted by atomic mass is 10.1. The SMILES string of the molecule is C[C@@H](C(=O)O)C(=O)N[C@@H]1CC(=O)N(c2ccccc2)C1. The Hall–Kier alpha value is -2.37. The molecular formula is C14H16N2O4. The molecule has 1 heterocycles. The summed E-state index contributed by atoms with van der Waals surface area (Å²) in [5.74, 6) is -2.93. The molecule has 1 aliphatic heterocycles. The van der Waals surface area contributed by atoms with Crippen molar-refractivity contribution in [3.8, 4) is 0 Å². The average Bonchev–Trinajstić information content (AvgIpc) is 2.79. The van der Waals surface area contributed by atoms with Crippen molar-refractivity contribution in [2.24, 2.45) is 5.92 Å². The van der Waals surface area contributed by atoms with Gasteiger partial charge in [-0.2, -0.15) is 0 Å². The van der Waals surface area contributed by atoms with Crippen LogP contribution < -0.4 is 10.2 Å². The number of carboxylic acid groups (broad SMARTS) is 1. The van der Waals surface area contributed by atoms with Gasteiger partial charge in [-0.25, -0.2) is 0 Å². The number of hydrogen-bond acceptors (Lipinski definition) is 3. The summed E-state index contributed by atoms with van der Waals surface area (Å²) >= 11 is 0. The van der Waals surface area contributed by atoms with Gasteiger partial charge in [0.15, 0.2) is 0 Å². The van der Waals surface area contributed by atoms with E-state index in [4.69, 9.17) is 5.11 Å². The maximum Gasteiger partial charge on any atom is 0.315 e. The quantitative estimate of drug-likeness (QED) is 0.790. The molecule has 1 aromatic carbocycles. The average molecular weight is 276 g/mol. The maximum absolute atomic E-state index is 11.9. The molecule has 6 heteroatoms. The van der Waals surface area contributed by atoms with Gasteiger partial charge in [-0.15, -0.1) is 0 Å². The van der Waals surface area contributed by atoms with E-state index in [-0.39, 0.29) is 18.4 Å². The summed E-state index contributed by atoms with van der Waals surface area (Å²) in [6, 6.07) is 8.82. The molecule has 0 unspecified atom stereocenters. The number of carbonyl (C=O) groups excluding carboxylic acids is 2. The Morgan fingerprint density at radius 2 is 2.00 bits per heavy atom. The Morgan fingerprint density at radius 1 is 1.35 bits per heavy atom. The van der Waals surface area contributed by atoms with Gasteiger partial charge in [0.1, 0.15) is 5.92 Å². The van der Waals surface area contributed by atoms with Crippen LogP contribution in [-0.2, 0) is 14.4 Å². The fourth-order valence-corrected chi connectivity index (χ4v) is 2.10. The molecule has 0 radical (unpaired) electrons. The minimum absolute atomic E-state index is 0.0792. The molecule has 2 amide bonds. The van der Waals surface area contributed by atoms with Gasteiger partial charge in [0.2, 0.25) is 11.8 Å². The van der Waals surface area contributed by atoms with Crippen molar-refractivity contribution in [1.29, 1.82) is 0 Å². The molecule has 6 nitrogen and oxygen atoms in total. The van der Waals surface area contributed by atoms with Crippen LogP contribution in [0.15, 0.2) is 30.3 Å². The molecule has 0 aliphatic carbocycles. The molecule has 0 aromatic heterocycles. The topological polar surface area (TPSA) is 86.7 Å². The first kappa shape index (κ1) is 14.0. The third-order valence-corrected chi connectivity index (χ3v) is 3.30. The van der Waals surface area contributed by atoms with E-state index >= 15 is 0 Å². The van der Waals surface area contributed by atoms with Gasteiger partial charge in [-0.3, -0.25) is 14.4 Å². The number of aliphatic carboxylic acids is 1. The number of benzene rings is 1. The van der Waals surface area contributed by atoms with E-state index in [0.717, 1.165) is 5.69 Å². The molecule has 20 heavy (non-hydrogen) atoms. The number of para-hydroxylation sites is 1. The molecule has 1 saturated heterocycles. The van der Waals surface area contributed by atoms with Gasteiger partial charge in [0.25, 0.3) is 0 Å². The number of carbonyl (C=O) groups is 3. The lowest BCUT2D eigenvalue weighted by molar-refractivity contribution is -0.146. The number of hydrogen-bond donors (Lipinski definition) is 2. The highest BCUT2D eigenvalue weighted by atomic mass is 16.4. The van der Waals surface area contributed by atoms with Crippen molar-refractivity contribution in [2.75, 3.05) is 11.4 Å². The van der Waals surface area contributed by atoms with Gasteiger partial charge in [-0.05, 0) is 19.1 Å². The number of carboxylic acids is 1. The zero-order valence-electron chi connectivity index (χ0n) is 11.1. The van der Waals surface area contributed by atoms with Gasteiger partial charge in [-0.1, -0.05) is 18.2 Å². The molecule has 0 bridgehead atoms. The highest BCUT2D eigenvalue weighted by Crippen LogP contribution is 2.21. The maximum atomic E-state index is 11.9. The van der Waals surface area contributed by atoms with E-state index in [2.05, 4.69) is 5.32 Å². The van der Waals surface area contributed by atoms with Crippen LogP contribution in [-0.4, -0.2) is 35.5 Å². The smallest absolute Gasteiger partial charge is 0.315 e. The summed E-state index contributed by atoms with van der Waals surface area (Å²) in [7, 11) is 0. The number of rotatable bonds is 4. The van der Waals surface area contributed by atoms with E-state index in [9.17, 15) is 14.4 Å². The van der Waals surface area contributed by atoms with Crippen molar-refractivity contribution < 1.29 is 19.5 Å². The van der Waals surface area contributed by atoms with Crippen LogP contribution in [0, 0.1) is 5.92 Å². The summed E-state index contributed by atoms with van der Waals surface area (Å²) in [6.07, 6.45) is 0.187. The number of amides is 2. The second kappa shape index (κ2) is 5.73. The lowest BCUT2D eigenvalue weighted by Gasteiger charge is -2.17. The molecule has 0 saturated carbocycles. The van der Waals surface area contributed by atoms with Gasteiger partial charge in [0.05, 0.1) is 6.04 Å². The number of nitrogens with one attached hydrogen (secondary N) is 1. The Balaban J connectivity index is 1.99.